The van der Waals surface area contributed by atoms with Crippen LogP contribution in [0, 0.1) is 0 Å². The third-order valence-electron chi connectivity index (χ3n) is 15.4. The monoisotopic (exact) mass is 1420 g/mol. The average molecular weight is 1420 g/mol. The molecule has 0 saturated heterocycles. The lowest BCUT2D eigenvalue weighted by molar-refractivity contribution is -0.161. The van der Waals surface area contributed by atoms with Crippen LogP contribution in [0.3, 0.4) is 0 Å². The van der Waals surface area contributed by atoms with Crippen LogP contribution in [0.5, 0.6) is 0 Å². The second kappa shape index (κ2) is 70.9. The SMILES string of the molecule is CC/C=C\C/C=C\C/C=C\C/C=C\C/C=C\C/C=C\CCC(=O)OCC(COP(=O)(O)OCC(O)COP(=O)(O)OCC(COC(=O)CCCCCCCCCCCCCCC)OC(=O)CCCCCCC/C=C\CCCC)OC(=O)CCCCCCC/C=C\C/C=C\C/C=C\CC. The Morgan fingerprint density at radius 2 is 0.561 bits per heavy atom. The molecule has 5 atom stereocenters. The highest BCUT2D eigenvalue weighted by Gasteiger charge is 2.30. The first-order valence-corrected chi connectivity index (χ1v) is 40.8. The molecule has 0 aliphatic heterocycles. The second-order valence-electron chi connectivity index (χ2n) is 24.8. The minimum Gasteiger partial charge on any atom is -0.462 e. The van der Waals surface area contributed by atoms with Crippen LogP contribution >= 0.6 is 15.6 Å². The molecular weight excluding hydrogens is 1280 g/mol. The van der Waals surface area contributed by atoms with Gasteiger partial charge in [-0.1, -0.05) is 278 Å². The number of esters is 4. The summed E-state index contributed by atoms with van der Waals surface area (Å²) in [5, 5.41) is 10.6. The summed E-state index contributed by atoms with van der Waals surface area (Å²) in [5.41, 5.74) is 0. The van der Waals surface area contributed by atoms with E-state index in [4.69, 9.17) is 37.0 Å². The summed E-state index contributed by atoms with van der Waals surface area (Å²) in [7, 11) is -9.97. The predicted octanol–water partition coefficient (Wildman–Crippen LogP) is 21.6. The fraction of sp³-hybridized carbons (Fsp3) is 0.696. The van der Waals surface area contributed by atoms with Crippen LogP contribution in [0.2, 0.25) is 0 Å². The maximum atomic E-state index is 13.1. The Bertz CT molecular complexity index is 2340. The fourth-order valence-electron chi connectivity index (χ4n) is 9.71. The molecule has 0 saturated carbocycles. The highest BCUT2D eigenvalue weighted by Crippen LogP contribution is 2.45. The zero-order valence-corrected chi connectivity index (χ0v) is 63.0. The summed E-state index contributed by atoms with van der Waals surface area (Å²) in [5.74, 6) is -2.30. The number of carbonyl (C=O) groups excluding carboxylic acids is 4. The van der Waals surface area contributed by atoms with Gasteiger partial charge in [0.2, 0.25) is 0 Å². The van der Waals surface area contributed by atoms with Gasteiger partial charge in [-0.25, -0.2) is 9.13 Å². The lowest BCUT2D eigenvalue weighted by Gasteiger charge is -2.21. The van der Waals surface area contributed by atoms with E-state index in [2.05, 4.69) is 131 Å². The topological polar surface area (TPSA) is 237 Å². The van der Waals surface area contributed by atoms with Crippen LogP contribution in [0.15, 0.2) is 122 Å². The van der Waals surface area contributed by atoms with Crippen molar-refractivity contribution in [2.75, 3.05) is 39.6 Å². The molecule has 0 fully saturated rings. The molecule has 0 spiro atoms. The molecule has 98 heavy (non-hydrogen) atoms. The Morgan fingerprint density at radius 3 is 0.918 bits per heavy atom. The fourth-order valence-corrected chi connectivity index (χ4v) is 11.3. The lowest BCUT2D eigenvalue weighted by Crippen LogP contribution is -2.30. The number of hydrogen-bond acceptors (Lipinski definition) is 15. The van der Waals surface area contributed by atoms with Crippen LogP contribution in [-0.4, -0.2) is 96.7 Å². The second-order valence-corrected chi connectivity index (χ2v) is 27.7. The molecule has 0 rings (SSSR count). The molecule has 0 radical (unpaired) electrons. The quantitative estimate of drug-likeness (QED) is 0.0169. The zero-order chi connectivity index (χ0) is 71.8. The van der Waals surface area contributed by atoms with Crippen LogP contribution < -0.4 is 0 Å². The van der Waals surface area contributed by atoms with Crippen molar-refractivity contribution < 1.29 is 80.2 Å². The van der Waals surface area contributed by atoms with Crippen molar-refractivity contribution in [2.45, 2.75) is 316 Å². The van der Waals surface area contributed by atoms with E-state index in [1.165, 1.54) is 70.6 Å². The summed E-state index contributed by atoms with van der Waals surface area (Å²) in [6, 6.07) is 0. The molecule has 0 amide bonds. The number of hydrogen-bond donors (Lipinski definition) is 3. The van der Waals surface area contributed by atoms with E-state index in [-0.39, 0.29) is 25.7 Å². The smallest absolute Gasteiger partial charge is 0.462 e. The normalized spacial score (nSPS) is 14.6. The van der Waals surface area contributed by atoms with Crippen LogP contribution in [0.25, 0.3) is 0 Å². The predicted molar refractivity (Wildman–Crippen MR) is 399 cm³/mol. The minimum absolute atomic E-state index is 0.0298. The van der Waals surface area contributed by atoms with Crippen molar-refractivity contribution in [3.63, 3.8) is 0 Å². The minimum atomic E-state index is -5.00. The highest BCUT2D eigenvalue weighted by atomic mass is 31.2. The number of phosphoric ester groups is 2. The van der Waals surface area contributed by atoms with Crippen LogP contribution in [0.1, 0.15) is 297 Å². The summed E-state index contributed by atoms with van der Waals surface area (Å²) >= 11 is 0. The van der Waals surface area contributed by atoms with Gasteiger partial charge in [-0.05, 0) is 116 Å². The van der Waals surface area contributed by atoms with Gasteiger partial charge < -0.3 is 33.8 Å². The van der Waals surface area contributed by atoms with Gasteiger partial charge in [0.25, 0.3) is 0 Å². The van der Waals surface area contributed by atoms with Gasteiger partial charge in [0.15, 0.2) is 12.2 Å². The standard InChI is InChI=1S/C79H134O17P2/c1-5-9-13-17-21-25-29-32-34-35-36-37-39-41-45-48-52-56-60-64-77(82)90-70-75(96-79(84)66-62-58-54-50-46-42-38-33-30-26-22-18-14-10-6-2)72-94-98(87,88)92-68-73(80)67-91-97(85,86)93-71-74(95-78(83)65-61-57-53-49-43-28-24-20-16-12-8-4)69-89-76(81)63-59-55-51-47-44-40-31-27-23-19-15-11-7-3/h9-10,13-14,20-22,24-26,32-34,36-38,41,45,52,56,73-75,80H,5-8,11-12,15-19,23,27-31,35,39-40,42-44,46-51,53-55,57-72H2,1-4H3,(H,85,86)(H,87,88)/b13-9-,14-10-,24-20-,25-21-,26-22-,34-32-,37-36-,38-33-,45-41-,56-52-. The van der Waals surface area contributed by atoms with E-state index in [1.807, 2.05) is 18.2 Å². The third kappa shape index (κ3) is 69.9. The number of rotatable bonds is 70. The molecule has 17 nitrogen and oxygen atoms in total. The van der Waals surface area contributed by atoms with Gasteiger partial charge in [-0.15, -0.1) is 0 Å². The number of carbonyl (C=O) groups is 4. The number of ether oxygens (including phenoxy) is 4. The van der Waals surface area contributed by atoms with Crippen molar-refractivity contribution >= 4 is 39.5 Å². The average Bonchev–Trinajstić information content (AvgIpc) is 0.992. The summed E-state index contributed by atoms with van der Waals surface area (Å²) < 4.78 is 68.3. The van der Waals surface area contributed by atoms with Gasteiger partial charge in [-0.2, -0.15) is 0 Å². The molecule has 0 aliphatic rings. The van der Waals surface area contributed by atoms with Gasteiger partial charge >= 0.3 is 39.5 Å². The summed E-state index contributed by atoms with van der Waals surface area (Å²) in [6.45, 7) is 4.49. The van der Waals surface area contributed by atoms with Crippen molar-refractivity contribution in [1.29, 1.82) is 0 Å². The molecule has 0 bridgehead atoms. The number of aliphatic hydroxyl groups excluding tert-OH is 1. The van der Waals surface area contributed by atoms with E-state index in [0.717, 1.165) is 141 Å². The molecule has 0 aromatic carbocycles. The van der Waals surface area contributed by atoms with Crippen molar-refractivity contribution in [3.05, 3.63) is 122 Å². The number of phosphoric acid groups is 2. The molecule has 19 heteroatoms. The molecule has 0 aromatic rings. The molecule has 3 N–H and O–H groups in total. The lowest BCUT2D eigenvalue weighted by atomic mass is 10.0. The van der Waals surface area contributed by atoms with E-state index >= 15 is 0 Å². The molecule has 0 heterocycles. The van der Waals surface area contributed by atoms with E-state index < -0.39 is 97.5 Å². The molecule has 0 aromatic heterocycles. The maximum Gasteiger partial charge on any atom is 0.472 e. The van der Waals surface area contributed by atoms with Crippen molar-refractivity contribution in [3.8, 4) is 0 Å². The van der Waals surface area contributed by atoms with E-state index in [1.54, 1.807) is 0 Å². The van der Waals surface area contributed by atoms with Crippen molar-refractivity contribution in [2.24, 2.45) is 0 Å². The Kier molecular flexibility index (Phi) is 67.6. The molecule has 5 unspecified atom stereocenters. The van der Waals surface area contributed by atoms with Gasteiger partial charge in [-0.3, -0.25) is 37.3 Å². The number of allylic oxidation sites excluding steroid dienone is 20. The van der Waals surface area contributed by atoms with Gasteiger partial charge in [0.1, 0.15) is 19.3 Å². The highest BCUT2D eigenvalue weighted by molar-refractivity contribution is 7.47. The Hall–Kier alpha value is -4.54. The first kappa shape index (κ1) is 93.5. The van der Waals surface area contributed by atoms with Gasteiger partial charge in [0.05, 0.1) is 26.4 Å². The first-order valence-electron chi connectivity index (χ1n) is 37.8. The number of unbranched alkanes of at least 4 members (excludes halogenated alkanes) is 24. The maximum absolute atomic E-state index is 13.1. The Morgan fingerprint density at radius 1 is 0.296 bits per heavy atom. The van der Waals surface area contributed by atoms with Crippen LogP contribution in [-0.2, 0) is 65.4 Å². The summed E-state index contributed by atoms with van der Waals surface area (Å²) in [4.78, 5) is 72.7. The largest absolute Gasteiger partial charge is 0.472 e. The summed E-state index contributed by atoms with van der Waals surface area (Å²) in [6.07, 6.45) is 76.4. The molecular formula is C79H134O17P2. The number of aliphatic hydroxyl groups is 1. The Labute approximate surface area is 593 Å². The van der Waals surface area contributed by atoms with Gasteiger partial charge in [0, 0.05) is 25.7 Å². The Balaban J connectivity index is 5.40. The first-order chi connectivity index (χ1) is 47.7. The van der Waals surface area contributed by atoms with E-state index in [0.29, 0.717) is 32.1 Å². The molecule has 0 aliphatic carbocycles. The third-order valence-corrected chi connectivity index (χ3v) is 17.3. The van der Waals surface area contributed by atoms with Crippen molar-refractivity contribution in [1.82, 2.24) is 0 Å². The van der Waals surface area contributed by atoms with Crippen LogP contribution in [0.4, 0.5) is 0 Å². The van der Waals surface area contributed by atoms with E-state index in [9.17, 15) is 43.2 Å². The molecule has 562 valence electrons. The zero-order valence-electron chi connectivity index (χ0n) is 61.2.